The molecule has 0 aliphatic carbocycles. The molecule has 0 bridgehead atoms. The van der Waals surface area contributed by atoms with Crippen molar-refractivity contribution in [2.45, 2.75) is 18.6 Å². The molecule has 1 amide bonds. The van der Waals surface area contributed by atoms with E-state index in [2.05, 4.69) is 4.84 Å². The first kappa shape index (κ1) is 12.2. The summed E-state index contributed by atoms with van der Waals surface area (Å²) in [6.07, 6.45) is -5.36. The molecule has 7 heteroatoms. The van der Waals surface area contributed by atoms with Gasteiger partial charge in [0, 0.05) is 7.05 Å². The summed E-state index contributed by atoms with van der Waals surface area (Å²) in [7, 11) is 2.39. The second-order valence-electron chi connectivity index (χ2n) is 2.43. The maximum Gasteiger partial charge on any atom is 0.404 e. The Morgan fingerprint density at radius 2 is 2.08 bits per heavy atom. The molecule has 78 valence electrons. The Labute approximate surface area is 73.4 Å². The van der Waals surface area contributed by atoms with Gasteiger partial charge in [0.2, 0.25) is 5.91 Å². The molecule has 0 heterocycles. The van der Waals surface area contributed by atoms with E-state index in [1.807, 2.05) is 0 Å². The van der Waals surface area contributed by atoms with E-state index in [9.17, 15) is 18.0 Å². The van der Waals surface area contributed by atoms with Crippen molar-refractivity contribution in [3.8, 4) is 0 Å². The average Bonchev–Trinajstić information content (AvgIpc) is 2.01. The zero-order valence-corrected chi connectivity index (χ0v) is 7.26. The topological polar surface area (TPSA) is 55.6 Å². The van der Waals surface area contributed by atoms with Crippen molar-refractivity contribution in [3.05, 3.63) is 0 Å². The number of nitrogens with two attached hydrogens (primary N) is 1. The Morgan fingerprint density at radius 1 is 1.62 bits per heavy atom. The van der Waals surface area contributed by atoms with Gasteiger partial charge in [-0.15, -0.1) is 0 Å². The van der Waals surface area contributed by atoms with E-state index in [-0.39, 0.29) is 0 Å². The van der Waals surface area contributed by atoms with Crippen LogP contribution in [0.25, 0.3) is 0 Å². The lowest BCUT2D eigenvalue weighted by Gasteiger charge is -2.18. The first-order valence-corrected chi connectivity index (χ1v) is 3.42. The summed E-state index contributed by atoms with van der Waals surface area (Å²) in [5.74, 6) is -0.813. The van der Waals surface area contributed by atoms with E-state index in [1.165, 1.54) is 14.2 Å². The molecule has 0 radical (unpaired) electrons. The van der Waals surface area contributed by atoms with Crippen molar-refractivity contribution in [2.75, 3.05) is 14.2 Å². The van der Waals surface area contributed by atoms with E-state index in [1.54, 1.807) is 0 Å². The number of hydroxylamine groups is 2. The highest BCUT2D eigenvalue weighted by molar-refractivity contribution is 5.75. The quantitative estimate of drug-likeness (QED) is 0.666. The number of nitrogens with zero attached hydrogens (tertiary/aromatic N) is 1. The van der Waals surface area contributed by atoms with Crippen LogP contribution in [0.4, 0.5) is 13.2 Å². The second-order valence-corrected chi connectivity index (χ2v) is 2.43. The minimum Gasteiger partial charge on any atom is -0.320 e. The van der Waals surface area contributed by atoms with Crippen LogP contribution in [0, 0.1) is 0 Å². The average molecular weight is 200 g/mol. The van der Waals surface area contributed by atoms with Crippen LogP contribution in [-0.4, -0.2) is 37.3 Å². The van der Waals surface area contributed by atoms with Crippen molar-refractivity contribution in [3.63, 3.8) is 0 Å². The highest BCUT2D eigenvalue weighted by Gasteiger charge is 2.38. The molecule has 4 nitrogen and oxygen atoms in total. The monoisotopic (exact) mass is 200 g/mol. The third-order valence-corrected chi connectivity index (χ3v) is 1.44. The molecule has 0 aliphatic heterocycles. The van der Waals surface area contributed by atoms with Gasteiger partial charge in [0.1, 0.15) is 6.04 Å². The van der Waals surface area contributed by atoms with Crippen molar-refractivity contribution in [1.82, 2.24) is 5.06 Å². The normalized spacial score (nSPS) is 14.0. The Morgan fingerprint density at radius 3 is 2.38 bits per heavy atom. The van der Waals surface area contributed by atoms with E-state index < -0.39 is 24.5 Å². The van der Waals surface area contributed by atoms with Crippen LogP contribution in [-0.2, 0) is 9.63 Å². The van der Waals surface area contributed by atoms with Gasteiger partial charge in [-0.25, -0.2) is 5.06 Å². The van der Waals surface area contributed by atoms with Crippen LogP contribution in [0.15, 0.2) is 0 Å². The summed E-state index contributed by atoms with van der Waals surface area (Å²) in [5, 5.41) is 0.700. The standard InChI is InChI=1S/C6H11F3N2O2/c1-11(13-2)5(12)3-4(10)6(7,8)9/h4H,3,10H2,1-2H3. The van der Waals surface area contributed by atoms with Gasteiger partial charge >= 0.3 is 6.18 Å². The Bertz CT molecular complexity index is 183. The number of amides is 1. The fourth-order valence-electron chi connectivity index (χ4n) is 0.534. The molecule has 0 rings (SSSR count). The van der Waals surface area contributed by atoms with Crippen molar-refractivity contribution >= 4 is 5.91 Å². The Balaban J connectivity index is 4.07. The highest BCUT2D eigenvalue weighted by atomic mass is 19.4. The SMILES string of the molecule is CON(C)C(=O)CC(N)C(F)(F)F. The number of alkyl halides is 3. The highest BCUT2D eigenvalue weighted by Crippen LogP contribution is 2.20. The Hall–Kier alpha value is -0.820. The molecule has 0 aromatic carbocycles. The Kier molecular flexibility index (Phi) is 4.15. The molecule has 2 N–H and O–H groups in total. The fourth-order valence-corrected chi connectivity index (χ4v) is 0.534. The largest absolute Gasteiger partial charge is 0.404 e. The van der Waals surface area contributed by atoms with E-state index >= 15 is 0 Å². The van der Waals surface area contributed by atoms with Crippen molar-refractivity contribution in [2.24, 2.45) is 5.73 Å². The summed E-state index contributed by atoms with van der Waals surface area (Å²) in [4.78, 5) is 15.2. The van der Waals surface area contributed by atoms with Gasteiger partial charge in [0.15, 0.2) is 0 Å². The summed E-state index contributed by atoms with van der Waals surface area (Å²) in [6, 6.07) is -2.14. The maximum absolute atomic E-state index is 11.8. The predicted molar refractivity (Wildman–Crippen MR) is 38.4 cm³/mol. The lowest BCUT2D eigenvalue weighted by Crippen LogP contribution is -2.42. The molecule has 0 spiro atoms. The summed E-state index contributed by atoms with van der Waals surface area (Å²) in [6.45, 7) is 0. The second kappa shape index (κ2) is 4.43. The van der Waals surface area contributed by atoms with Crippen LogP contribution < -0.4 is 5.73 Å². The van der Waals surface area contributed by atoms with Gasteiger partial charge in [-0.1, -0.05) is 0 Å². The van der Waals surface area contributed by atoms with E-state index in [0.717, 1.165) is 0 Å². The molecule has 0 aromatic rings. The fraction of sp³-hybridized carbons (Fsp3) is 0.833. The lowest BCUT2D eigenvalue weighted by atomic mass is 10.2. The predicted octanol–water partition coefficient (Wildman–Crippen LogP) is 0.286. The van der Waals surface area contributed by atoms with Crippen LogP contribution in [0.1, 0.15) is 6.42 Å². The van der Waals surface area contributed by atoms with Gasteiger partial charge in [-0.2, -0.15) is 13.2 Å². The third kappa shape index (κ3) is 4.09. The first-order chi connectivity index (χ1) is 5.79. The number of hydrogen-bond donors (Lipinski definition) is 1. The maximum atomic E-state index is 11.8. The van der Waals surface area contributed by atoms with Gasteiger partial charge in [0.05, 0.1) is 13.5 Å². The number of hydrogen-bond acceptors (Lipinski definition) is 3. The first-order valence-electron chi connectivity index (χ1n) is 3.42. The molecule has 0 saturated heterocycles. The van der Waals surface area contributed by atoms with E-state index in [4.69, 9.17) is 5.73 Å². The molecule has 0 fully saturated rings. The van der Waals surface area contributed by atoms with E-state index in [0.29, 0.717) is 5.06 Å². The molecular weight excluding hydrogens is 189 g/mol. The molecule has 0 aliphatic rings. The van der Waals surface area contributed by atoms with Gasteiger partial charge in [-0.3, -0.25) is 9.63 Å². The number of rotatable bonds is 3. The zero-order valence-electron chi connectivity index (χ0n) is 7.26. The molecule has 1 unspecified atom stereocenters. The van der Waals surface area contributed by atoms with Gasteiger partial charge in [-0.05, 0) is 0 Å². The molecule has 0 saturated carbocycles. The summed E-state index contributed by atoms with van der Waals surface area (Å²) < 4.78 is 35.5. The lowest BCUT2D eigenvalue weighted by molar-refractivity contribution is -0.179. The van der Waals surface area contributed by atoms with Gasteiger partial charge in [0.25, 0.3) is 0 Å². The molecule has 1 atom stereocenters. The minimum atomic E-state index is -4.55. The van der Waals surface area contributed by atoms with Crippen LogP contribution in [0.5, 0.6) is 0 Å². The molecule has 13 heavy (non-hydrogen) atoms. The number of carbonyl (C=O) groups is 1. The van der Waals surface area contributed by atoms with Crippen molar-refractivity contribution in [1.29, 1.82) is 0 Å². The van der Waals surface area contributed by atoms with Gasteiger partial charge < -0.3 is 5.73 Å². The van der Waals surface area contributed by atoms with Crippen LogP contribution >= 0.6 is 0 Å². The summed E-state index contributed by atoms with van der Waals surface area (Å²) >= 11 is 0. The molecular formula is C6H11F3N2O2. The third-order valence-electron chi connectivity index (χ3n) is 1.44. The zero-order chi connectivity index (χ0) is 10.6. The molecule has 0 aromatic heterocycles. The van der Waals surface area contributed by atoms with Crippen LogP contribution in [0.2, 0.25) is 0 Å². The number of carbonyl (C=O) groups excluding carboxylic acids is 1. The van der Waals surface area contributed by atoms with Crippen molar-refractivity contribution < 1.29 is 22.8 Å². The smallest absolute Gasteiger partial charge is 0.320 e. The minimum absolute atomic E-state index is 0.700. The number of halogens is 3. The van der Waals surface area contributed by atoms with Crippen LogP contribution in [0.3, 0.4) is 0 Å². The summed E-state index contributed by atoms with van der Waals surface area (Å²) in [5.41, 5.74) is 4.72.